The number of fused-ring (bicyclic) bond motifs is 3. The van der Waals surface area contributed by atoms with Crippen molar-refractivity contribution < 1.29 is 18.0 Å². The minimum Gasteiger partial charge on any atom is -0.348 e. The van der Waals surface area contributed by atoms with Crippen molar-refractivity contribution in [2.75, 3.05) is 0 Å². The SMILES string of the molecule is CC(NC(=O)c1cc2nc(-c3ccccc3)cc(C(F)(F)F)n2n1)C1CC2CCC1C2. The van der Waals surface area contributed by atoms with Crippen molar-refractivity contribution in [3.05, 3.63) is 53.9 Å². The predicted octanol–water partition coefficient (Wildman–Crippen LogP) is 4.97. The van der Waals surface area contributed by atoms with Crippen molar-refractivity contribution in [2.45, 2.75) is 44.8 Å². The number of benzene rings is 1. The summed E-state index contributed by atoms with van der Waals surface area (Å²) in [7, 11) is 0. The van der Waals surface area contributed by atoms with Crippen LogP contribution in [0.1, 0.15) is 48.8 Å². The lowest BCUT2D eigenvalue weighted by Crippen LogP contribution is -2.40. The zero-order valence-electron chi connectivity index (χ0n) is 17.1. The third-order valence-corrected chi connectivity index (χ3v) is 6.81. The van der Waals surface area contributed by atoms with Crippen LogP contribution in [0.3, 0.4) is 0 Å². The highest BCUT2D eigenvalue weighted by molar-refractivity contribution is 5.93. The van der Waals surface area contributed by atoms with Gasteiger partial charge >= 0.3 is 6.18 Å². The van der Waals surface area contributed by atoms with Crippen molar-refractivity contribution in [1.82, 2.24) is 19.9 Å². The average molecular weight is 428 g/mol. The van der Waals surface area contributed by atoms with Crippen molar-refractivity contribution in [3.8, 4) is 11.3 Å². The predicted molar refractivity (Wildman–Crippen MR) is 109 cm³/mol. The molecule has 1 N–H and O–H groups in total. The van der Waals surface area contributed by atoms with Crippen LogP contribution in [0.5, 0.6) is 0 Å². The highest BCUT2D eigenvalue weighted by atomic mass is 19.4. The summed E-state index contributed by atoms with van der Waals surface area (Å²) in [5.74, 6) is 1.34. The zero-order valence-corrected chi connectivity index (χ0v) is 17.1. The van der Waals surface area contributed by atoms with Gasteiger partial charge in [0, 0.05) is 17.7 Å². The van der Waals surface area contributed by atoms with Gasteiger partial charge in [0.1, 0.15) is 0 Å². The van der Waals surface area contributed by atoms with E-state index in [4.69, 9.17) is 0 Å². The summed E-state index contributed by atoms with van der Waals surface area (Å²) in [5, 5.41) is 6.93. The standard InChI is InChI=1S/C23H23F3N4O/c1-13(17-10-14-7-8-16(17)9-14)27-22(31)19-12-21-28-18(15-5-3-2-4-6-15)11-20(23(24,25)26)30(21)29-19/h2-6,11-14,16-17H,7-10H2,1H3,(H,27,31). The van der Waals surface area contributed by atoms with Crippen LogP contribution in [0.15, 0.2) is 42.5 Å². The van der Waals surface area contributed by atoms with E-state index in [2.05, 4.69) is 15.4 Å². The van der Waals surface area contributed by atoms with E-state index in [-0.39, 0.29) is 23.1 Å². The third-order valence-electron chi connectivity index (χ3n) is 6.81. The van der Waals surface area contributed by atoms with Gasteiger partial charge in [0.05, 0.1) is 5.69 Å². The fourth-order valence-electron chi connectivity index (χ4n) is 5.34. The number of hydrogen-bond acceptors (Lipinski definition) is 3. The lowest BCUT2D eigenvalue weighted by atomic mass is 9.84. The van der Waals surface area contributed by atoms with Gasteiger partial charge < -0.3 is 5.32 Å². The number of rotatable bonds is 4. The van der Waals surface area contributed by atoms with Crippen LogP contribution in [0.4, 0.5) is 13.2 Å². The van der Waals surface area contributed by atoms with Gasteiger partial charge in [0.15, 0.2) is 17.0 Å². The maximum atomic E-state index is 13.7. The van der Waals surface area contributed by atoms with E-state index >= 15 is 0 Å². The molecule has 0 saturated heterocycles. The zero-order chi connectivity index (χ0) is 21.8. The second-order valence-corrected chi connectivity index (χ2v) is 8.79. The molecule has 0 aliphatic heterocycles. The normalized spacial score (nSPS) is 23.9. The van der Waals surface area contributed by atoms with Crippen LogP contribution < -0.4 is 5.32 Å². The maximum Gasteiger partial charge on any atom is 0.433 e. The number of nitrogens with zero attached hydrogens (tertiary/aromatic N) is 3. The first-order chi connectivity index (χ1) is 14.8. The molecular formula is C23H23F3N4O. The second-order valence-electron chi connectivity index (χ2n) is 8.79. The van der Waals surface area contributed by atoms with Crippen molar-refractivity contribution in [2.24, 2.45) is 17.8 Å². The molecule has 2 aromatic heterocycles. The molecule has 162 valence electrons. The summed E-state index contributed by atoms with van der Waals surface area (Å²) < 4.78 is 41.9. The Hall–Kier alpha value is -2.90. The van der Waals surface area contributed by atoms with Crippen LogP contribution in [-0.4, -0.2) is 26.5 Å². The highest BCUT2D eigenvalue weighted by Crippen LogP contribution is 2.49. The maximum absolute atomic E-state index is 13.7. The van der Waals surface area contributed by atoms with Gasteiger partial charge in [-0.25, -0.2) is 9.50 Å². The molecule has 2 bridgehead atoms. The van der Waals surface area contributed by atoms with Gasteiger partial charge in [-0.3, -0.25) is 4.79 Å². The molecule has 2 saturated carbocycles. The number of hydrogen-bond donors (Lipinski definition) is 1. The summed E-state index contributed by atoms with van der Waals surface area (Å²) >= 11 is 0. The van der Waals surface area contributed by atoms with Crippen molar-refractivity contribution >= 4 is 11.6 Å². The number of aromatic nitrogens is 3. The Morgan fingerprint density at radius 2 is 1.94 bits per heavy atom. The van der Waals surface area contributed by atoms with Crippen molar-refractivity contribution in [1.29, 1.82) is 0 Å². The molecule has 4 unspecified atom stereocenters. The summed E-state index contributed by atoms with van der Waals surface area (Å²) in [4.78, 5) is 17.1. The number of carbonyl (C=O) groups excluding carboxylic acids is 1. The Labute approximate surface area is 177 Å². The smallest absolute Gasteiger partial charge is 0.348 e. The van der Waals surface area contributed by atoms with Crippen LogP contribution in [0, 0.1) is 17.8 Å². The minimum atomic E-state index is -4.64. The molecule has 2 fully saturated rings. The van der Waals surface area contributed by atoms with Gasteiger partial charge in [-0.05, 0) is 50.0 Å². The van der Waals surface area contributed by atoms with Gasteiger partial charge in [-0.1, -0.05) is 36.8 Å². The molecule has 2 aliphatic rings. The minimum absolute atomic E-state index is 0.00796. The number of nitrogens with one attached hydrogen (secondary N) is 1. The van der Waals surface area contributed by atoms with Gasteiger partial charge in [0.2, 0.25) is 0 Å². The van der Waals surface area contributed by atoms with Crippen LogP contribution in [-0.2, 0) is 6.18 Å². The first kappa shape index (κ1) is 20.0. The first-order valence-electron chi connectivity index (χ1n) is 10.6. The Bertz CT molecular complexity index is 1130. The Kier molecular flexibility index (Phi) is 4.75. The summed E-state index contributed by atoms with van der Waals surface area (Å²) in [5.41, 5.74) is -0.281. The first-order valence-corrected chi connectivity index (χ1v) is 10.6. The number of carbonyl (C=O) groups is 1. The molecular weight excluding hydrogens is 405 g/mol. The van der Waals surface area contributed by atoms with E-state index in [0.717, 1.165) is 18.4 Å². The van der Waals surface area contributed by atoms with E-state index in [1.54, 1.807) is 30.3 Å². The van der Waals surface area contributed by atoms with E-state index in [0.29, 0.717) is 21.9 Å². The summed E-state index contributed by atoms with van der Waals surface area (Å²) in [6, 6.07) is 10.9. The molecule has 1 aromatic carbocycles. The lowest BCUT2D eigenvalue weighted by Gasteiger charge is -2.28. The quantitative estimate of drug-likeness (QED) is 0.638. The monoisotopic (exact) mass is 428 g/mol. The van der Waals surface area contributed by atoms with E-state index < -0.39 is 17.8 Å². The third kappa shape index (κ3) is 3.68. The van der Waals surface area contributed by atoms with Crippen LogP contribution >= 0.6 is 0 Å². The highest BCUT2D eigenvalue weighted by Gasteiger charge is 2.42. The molecule has 2 heterocycles. The Balaban J connectivity index is 1.46. The topological polar surface area (TPSA) is 59.3 Å². The molecule has 0 radical (unpaired) electrons. The van der Waals surface area contributed by atoms with E-state index in [1.807, 2.05) is 6.92 Å². The molecule has 5 rings (SSSR count). The summed E-state index contributed by atoms with van der Waals surface area (Å²) in [6.07, 6.45) is 0.160. The molecule has 0 spiro atoms. The van der Waals surface area contributed by atoms with E-state index in [1.165, 1.54) is 25.3 Å². The second kappa shape index (κ2) is 7.35. The Morgan fingerprint density at radius 1 is 1.16 bits per heavy atom. The lowest BCUT2D eigenvalue weighted by molar-refractivity contribution is -0.142. The van der Waals surface area contributed by atoms with Crippen LogP contribution in [0.2, 0.25) is 0 Å². The molecule has 1 amide bonds. The largest absolute Gasteiger partial charge is 0.433 e. The van der Waals surface area contributed by atoms with E-state index in [9.17, 15) is 18.0 Å². The molecule has 4 atom stereocenters. The Morgan fingerprint density at radius 3 is 2.58 bits per heavy atom. The number of alkyl halides is 3. The molecule has 3 aromatic rings. The molecule has 8 heteroatoms. The molecule has 31 heavy (non-hydrogen) atoms. The van der Waals surface area contributed by atoms with Crippen LogP contribution in [0.25, 0.3) is 16.9 Å². The molecule has 2 aliphatic carbocycles. The number of amides is 1. The van der Waals surface area contributed by atoms with Gasteiger partial charge in [-0.15, -0.1) is 0 Å². The average Bonchev–Trinajstić information content (AvgIpc) is 3.48. The van der Waals surface area contributed by atoms with Gasteiger partial charge in [0.25, 0.3) is 5.91 Å². The van der Waals surface area contributed by atoms with Gasteiger partial charge in [-0.2, -0.15) is 18.3 Å². The fraction of sp³-hybridized carbons (Fsp3) is 0.435. The number of halogens is 3. The summed E-state index contributed by atoms with van der Waals surface area (Å²) in [6.45, 7) is 1.98. The fourth-order valence-corrected chi connectivity index (χ4v) is 5.34. The molecule has 5 nitrogen and oxygen atoms in total. The van der Waals surface area contributed by atoms with Crippen molar-refractivity contribution in [3.63, 3.8) is 0 Å².